The monoisotopic (exact) mass is 314 g/mol. The second kappa shape index (κ2) is 7.04. The van der Waals surface area contributed by atoms with Crippen molar-refractivity contribution < 1.29 is 0 Å². The first kappa shape index (κ1) is 15.4. The summed E-state index contributed by atoms with van der Waals surface area (Å²) in [6.07, 6.45) is 0. The van der Waals surface area contributed by atoms with Crippen molar-refractivity contribution in [2.75, 3.05) is 18.4 Å². The summed E-state index contributed by atoms with van der Waals surface area (Å²) in [5, 5.41) is 3.34. The highest BCUT2D eigenvalue weighted by molar-refractivity contribution is 9.10. The maximum Gasteiger partial charge on any atom is 0.130 e. The number of hydrogen-bond donors (Lipinski definition) is 1. The Morgan fingerprint density at radius 1 is 1.22 bits per heavy atom. The van der Waals surface area contributed by atoms with Gasteiger partial charge < -0.3 is 5.32 Å². The Morgan fingerprint density at radius 2 is 1.83 bits per heavy atom. The zero-order chi connectivity index (χ0) is 13.7. The number of aryl methyl sites for hydroxylation is 1. The molecule has 5 heteroatoms. The molecule has 1 heterocycles. The van der Waals surface area contributed by atoms with Crippen molar-refractivity contribution in [3.63, 3.8) is 0 Å². The van der Waals surface area contributed by atoms with Gasteiger partial charge in [-0.15, -0.1) is 0 Å². The summed E-state index contributed by atoms with van der Waals surface area (Å²) in [5.41, 5.74) is 0. The van der Waals surface area contributed by atoms with Crippen LogP contribution in [0.5, 0.6) is 0 Å². The molecule has 1 aromatic rings. The first-order valence-electron chi connectivity index (χ1n) is 6.41. The molecule has 0 aromatic carbocycles. The SMILES string of the molecule is Cc1nc(Br)cc(NCCN(C(C)C)C(C)C)n1. The van der Waals surface area contributed by atoms with E-state index < -0.39 is 0 Å². The van der Waals surface area contributed by atoms with E-state index in [1.165, 1.54) is 0 Å². The van der Waals surface area contributed by atoms with Crippen molar-refractivity contribution in [1.29, 1.82) is 0 Å². The normalized spacial score (nSPS) is 11.6. The first-order valence-corrected chi connectivity index (χ1v) is 7.20. The fraction of sp³-hybridized carbons (Fsp3) is 0.692. The van der Waals surface area contributed by atoms with Crippen LogP contribution in [0.15, 0.2) is 10.7 Å². The summed E-state index contributed by atoms with van der Waals surface area (Å²) in [6.45, 7) is 12.7. The molecule has 0 aliphatic heterocycles. The van der Waals surface area contributed by atoms with Crippen LogP contribution >= 0.6 is 15.9 Å². The van der Waals surface area contributed by atoms with E-state index in [9.17, 15) is 0 Å². The number of anilines is 1. The second-order valence-corrected chi connectivity index (χ2v) is 5.79. The summed E-state index contributed by atoms with van der Waals surface area (Å²) in [7, 11) is 0. The molecule has 0 unspecified atom stereocenters. The summed E-state index contributed by atoms with van der Waals surface area (Å²) in [6, 6.07) is 3.03. The molecule has 0 amide bonds. The van der Waals surface area contributed by atoms with Gasteiger partial charge in [-0.2, -0.15) is 0 Å². The van der Waals surface area contributed by atoms with Crippen molar-refractivity contribution >= 4 is 21.7 Å². The smallest absolute Gasteiger partial charge is 0.130 e. The Bertz CT molecular complexity index is 351. The third kappa shape index (κ3) is 4.90. The third-order valence-electron chi connectivity index (χ3n) is 2.81. The van der Waals surface area contributed by atoms with Crippen LogP contribution in [-0.4, -0.2) is 40.0 Å². The van der Waals surface area contributed by atoms with Crippen LogP contribution in [0.3, 0.4) is 0 Å². The minimum absolute atomic E-state index is 0.561. The van der Waals surface area contributed by atoms with Gasteiger partial charge in [-0.1, -0.05) is 0 Å². The minimum atomic E-state index is 0.561. The van der Waals surface area contributed by atoms with Gasteiger partial charge in [0.2, 0.25) is 0 Å². The highest BCUT2D eigenvalue weighted by Gasteiger charge is 2.12. The van der Waals surface area contributed by atoms with Gasteiger partial charge in [0.25, 0.3) is 0 Å². The maximum absolute atomic E-state index is 4.35. The molecule has 0 spiro atoms. The van der Waals surface area contributed by atoms with E-state index in [0.29, 0.717) is 12.1 Å². The van der Waals surface area contributed by atoms with Crippen LogP contribution in [-0.2, 0) is 0 Å². The second-order valence-electron chi connectivity index (χ2n) is 4.98. The van der Waals surface area contributed by atoms with Crippen molar-refractivity contribution in [1.82, 2.24) is 14.9 Å². The molecule has 1 rings (SSSR count). The molecule has 1 N–H and O–H groups in total. The van der Waals surface area contributed by atoms with Crippen LogP contribution in [0.1, 0.15) is 33.5 Å². The molecule has 1 aromatic heterocycles. The summed E-state index contributed by atoms with van der Waals surface area (Å²) in [5.74, 6) is 1.65. The molecule has 0 aliphatic rings. The largest absolute Gasteiger partial charge is 0.369 e. The van der Waals surface area contributed by atoms with Gasteiger partial charge in [-0.3, -0.25) is 4.90 Å². The van der Waals surface area contributed by atoms with Gasteiger partial charge in [0.1, 0.15) is 16.2 Å². The average molecular weight is 315 g/mol. The quantitative estimate of drug-likeness (QED) is 0.819. The predicted octanol–water partition coefficient (Wildman–Crippen LogP) is 3.08. The van der Waals surface area contributed by atoms with E-state index in [0.717, 1.165) is 29.3 Å². The molecule has 0 atom stereocenters. The zero-order valence-electron chi connectivity index (χ0n) is 11.9. The Kier molecular flexibility index (Phi) is 6.02. The van der Waals surface area contributed by atoms with Gasteiger partial charge in [-0.25, -0.2) is 9.97 Å². The van der Waals surface area contributed by atoms with E-state index in [1.54, 1.807) is 0 Å². The summed E-state index contributed by atoms with van der Waals surface area (Å²) in [4.78, 5) is 11.0. The molecular formula is C13H23BrN4. The van der Waals surface area contributed by atoms with Gasteiger partial charge in [0.05, 0.1) is 0 Å². The van der Waals surface area contributed by atoms with E-state index in [4.69, 9.17) is 0 Å². The molecule has 0 aliphatic carbocycles. The highest BCUT2D eigenvalue weighted by Crippen LogP contribution is 2.12. The number of rotatable bonds is 6. The minimum Gasteiger partial charge on any atom is -0.369 e. The third-order valence-corrected chi connectivity index (χ3v) is 3.22. The molecule has 18 heavy (non-hydrogen) atoms. The van der Waals surface area contributed by atoms with Crippen molar-refractivity contribution in [2.45, 2.75) is 46.7 Å². The van der Waals surface area contributed by atoms with E-state index >= 15 is 0 Å². The van der Waals surface area contributed by atoms with Crippen LogP contribution in [0.25, 0.3) is 0 Å². The lowest BCUT2D eigenvalue weighted by Crippen LogP contribution is -2.40. The topological polar surface area (TPSA) is 41.1 Å². The van der Waals surface area contributed by atoms with Gasteiger partial charge in [-0.05, 0) is 50.5 Å². The lowest BCUT2D eigenvalue weighted by atomic mass is 10.2. The van der Waals surface area contributed by atoms with Crippen LogP contribution < -0.4 is 5.32 Å². The van der Waals surface area contributed by atoms with Crippen molar-refractivity contribution in [3.05, 3.63) is 16.5 Å². The number of nitrogens with zero attached hydrogens (tertiary/aromatic N) is 3. The molecule has 102 valence electrons. The lowest BCUT2D eigenvalue weighted by Gasteiger charge is -2.30. The summed E-state index contributed by atoms with van der Waals surface area (Å²) < 4.78 is 0.821. The van der Waals surface area contributed by atoms with Gasteiger partial charge in [0, 0.05) is 31.2 Å². The van der Waals surface area contributed by atoms with Gasteiger partial charge in [0.15, 0.2) is 0 Å². The number of aromatic nitrogens is 2. The van der Waals surface area contributed by atoms with Crippen LogP contribution in [0.2, 0.25) is 0 Å². The number of hydrogen-bond acceptors (Lipinski definition) is 4. The Balaban J connectivity index is 2.50. The highest BCUT2D eigenvalue weighted by atomic mass is 79.9. The van der Waals surface area contributed by atoms with Crippen LogP contribution in [0, 0.1) is 6.92 Å². The molecule has 0 fully saturated rings. The number of nitrogens with one attached hydrogen (secondary N) is 1. The Hall–Kier alpha value is -0.680. The van der Waals surface area contributed by atoms with E-state index in [1.807, 2.05) is 13.0 Å². The van der Waals surface area contributed by atoms with E-state index in [-0.39, 0.29) is 0 Å². The fourth-order valence-corrected chi connectivity index (χ4v) is 2.52. The van der Waals surface area contributed by atoms with Crippen molar-refractivity contribution in [2.24, 2.45) is 0 Å². The molecule has 0 radical (unpaired) electrons. The molecular weight excluding hydrogens is 292 g/mol. The standard InChI is InChI=1S/C13H23BrN4/c1-9(2)18(10(3)4)7-6-15-13-8-12(14)16-11(5)17-13/h8-10H,6-7H2,1-5H3,(H,15,16,17). The first-order chi connectivity index (χ1) is 8.40. The Morgan fingerprint density at radius 3 is 2.33 bits per heavy atom. The predicted molar refractivity (Wildman–Crippen MR) is 79.9 cm³/mol. The average Bonchev–Trinajstić information content (AvgIpc) is 2.21. The number of halogens is 1. The van der Waals surface area contributed by atoms with E-state index in [2.05, 4.69) is 63.8 Å². The van der Waals surface area contributed by atoms with Gasteiger partial charge >= 0.3 is 0 Å². The van der Waals surface area contributed by atoms with Crippen molar-refractivity contribution in [3.8, 4) is 0 Å². The maximum atomic E-state index is 4.35. The molecule has 0 bridgehead atoms. The fourth-order valence-electron chi connectivity index (χ4n) is 2.05. The zero-order valence-corrected chi connectivity index (χ0v) is 13.5. The molecule has 4 nitrogen and oxygen atoms in total. The summed E-state index contributed by atoms with van der Waals surface area (Å²) >= 11 is 3.38. The lowest BCUT2D eigenvalue weighted by molar-refractivity contribution is 0.182. The van der Waals surface area contributed by atoms with Crippen LogP contribution in [0.4, 0.5) is 5.82 Å². The Labute approximate surface area is 118 Å². The molecule has 0 saturated heterocycles. The molecule has 0 saturated carbocycles.